The molecular weight excluding hydrogens is 292 g/mol. The number of nitrogens with zero attached hydrogens (tertiary/aromatic N) is 2. The Labute approximate surface area is 142 Å². The van der Waals surface area contributed by atoms with Crippen molar-refractivity contribution in [2.24, 2.45) is 0 Å². The molecule has 118 valence electrons. The Bertz CT molecular complexity index is 1030. The first-order valence-electron chi connectivity index (χ1n) is 8.40. The molecule has 0 amide bonds. The zero-order valence-corrected chi connectivity index (χ0v) is 14.2. The molecule has 2 nitrogen and oxygen atoms in total. The van der Waals surface area contributed by atoms with Crippen LogP contribution in [0.2, 0.25) is 0 Å². The second-order valence-corrected chi connectivity index (χ2v) is 6.58. The Morgan fingerprint density at radius 2 is 1.46 bits per heavy atom. The Morgan fingerprint density at radius 1 is 0.708 bits per heavy atom. The maximum Gasteiger partial charge on any atom is 0.132 e. The lowest BCUT2D eigenvalue weighted by atomic mass is 9.99. The number of hydrogen-bond donors (Lipinski definition) is 0. The van der Waals surface area contributed by atoms with Crippen LogP contribution >= 0.6 is 0 Å². The van der Waals surface area contributed by atoms with Gasteiger partial charge in [-0.25, -0.2) is 9.97 Å². The first-order valence-corrected chi connectivity index (χ1v) is 8.40. The summed E-state index contributed by atoms with van der Waals surface area (Å²) in [6.07, 6.45) is 0. The molecule has 0 fully saturated rings. The van der Waals surface area contributed by atoms with Crippen LogP contribution in [0.25, 0.3) is 32.9 Å². The summed E-state index contributed by atoms with van der Waals surface area (Å²) in [6.45, 7) is 6.44. The van der Waals surface area contributed by atoms with Gasteiger partial charge in [-0.3, -0.25) is 0 Å². The third kappa shape index (κ3) is 2.35. The highest BCUT2D eigenvalue weighted by Crippen LogP contribution is 2.33. The van der Waals surface area contributed by atoms with E-state index in [2.05, 4.69) is 75.4 Å². The van der Waals surface area contributed by atoms with Crippen LogP contribution < -0.4 is 0 Å². The zero-order chi connectivity index (χ0) is 16.7. The normalized spacial score (nSPS) is 11.5. The summed E-state index contributed by atoms with van der Waals surface area (Å²) in [5.74, 6) is 1.19. The monoisotopic (exact) mass is 312 g/mol. The molecule has 0 saturated carbocycles. The maximum absolute atomic E-state index is 4.92. The first kappa shape index (κ1) is 14.8. The minimum absolute atomic E-state index is 0.289. The fourth-order valence-electron chi connectivity index (χ4n) is 3.20. The topological polar surface area (TPSA) is 25.8 Å². The van der Waals surface area contributed by atoms with Crippen molar-refractivity contribution in [2.45, 2.75) is 26.7 Å². The SMILES string of the molecule is Cc1cccc2c1ccc1c(-c3ccccc3)nc(C(C)C)nc12. The van der Waals surface area contributed by atoms with Crippen LogP contribution in [0.1, 0.15) is 31.2 Å². The smallest absolute Gasteiger partial charge is 0.132 e. The van der Waals surface area contributed by atoms with Crippen molar-refractivity contribution < 1.29 is 0 Å². The summed E-state index contributed by atoms with van der Waals surface area (Å²) in [5, 5.41) is 3.58. The Morgan fingerprint density at radius 3 is 2.21 bits per heavy atom. The van der Waals surface area contributed by atoms with Crippen molar-refractivity contribution >= 4 is 21.7 Å². The van der Waals surface area contributed by atoms with Crippen LogP contribution in [0.4, 0.5) is 0 Å². The number of aromatic nitrogens is 2. The highest BCUT2D eigenvalue weighted by molar-refractivity contribution is 6.09. The maximum atomic E-state index is 4.92. The van der Waals surface area contributed by atoms with Gasteiger partial charge in [-0.1, -0.05) is 68.4 Å². The molecule has 4 rings (SSSR count). The lowest BCUT2D eigenvalue weighted by Crippen LogP contribution is -2.01. The summed E-state index contributed by atoms with van der Waals surface area (Å²) in [7, 11) is 0. The van der Waals surface area contributed by atoms with E-state index in [1.54, 1.807) is 0 Å². The third-order valence-electron chi connectivity index (χ3n) is 4.52. The van der Waals surface area contributed by atoms with E-state index in [9.17, 15) is 0 Å². The fraction of sp³-hybridized carbons (Fsp3) is 0.182. The van der Waals surface area contributed by atoms with E-state index in [0.717, 1.165) is 28.0 Å². The molecule has 0 bridgehead atoms. The van der Waals surface area contributed by atoms with Crippen molar-refractivity contribution in [1.29, 1.82) is 0 Å². The quantitative estimate of drug-likeness (QED) is 0.432. The summed E-state index contributed by atoms with van der Waals surface area (Å²) in [6, 6.07) is 21.2. The molecule has 1 aromatic heterocycles. The van der Waals surface area contributed by atoms with Crippen molar-refractivity contribution in [3.63, 3.8) is 0 Å². The molecule has 0 radical (unpaired) electrons. The number of aryl methyl sites for hydroxylation is 1. The third-order valence-corrected chi connectivity index (χ3v) is 4.52. The molecule has 1 heterocycles. The molecule has 0 saturated heterocycles. The summed E-state index contributed by atoms with van der Waals surface area (Å²) >= 11 is 0. The van der Waals surface area contributed by atoms with Crippen LogP contribution in [0.15, 0.2) is 60.7 Å². The molecule has 0 N–H and O–H groups in total. The van der Waals surface area contributed by atoms with Gasteiger partial charge in [0.2, 0.25) is 0 Å². The molecule has 2 heteroatoms. The molecule has 0 unspecified atom stereocenters. The van der Waals surface area contributed by atoms with E-state index >= 15 is 0 Å². The average Bonchev–Trinajstić information content (AvgIpc) is 2.61. The van der Waals surface area contributed by atoms with Crippen molar-refractivity contribution in [3.05, 3.63) is 72.1 Å². The molecule has 0 aliphatic carbocycles. The van der Waals surface area contributed by atoms with Gasteiger partial charge in [0.1, 0.15) is 5.82 Å². The molecule has 0 atom stereocenters. The Balaban J connectivity index is 2.16. The highest BCUT2D eigenvalue weighted by Gasteiger charge is 2.14. The van der Waals surface area contributed by atoms with Gasteiger partial charge < -0.3 is 0 Å². The van der Waals surface area contributed by atoms with E-state index < -0.39 is 0 Å². The zero-order valence-electron chi connectivity index (χ0n) is 14.2. The molecule has 24 heavy (non-hydrogen) atoms. The predicted molar refractivity (Wildman–Crippen MR) is 101 cm³/mol. The highest BCUT2D eigenvalue weighted by atomic mass is 14.9. The van der Waals surface area contributed by atoms with Crippen LogP contribution in [-0.2, 0) is 0 Å². The first-order chi connectivity index (χ1) is 11.6. The number of benzene rings is 3. The predicted octanol–water partition coefficient (Wildman–Crippen LogP) is 5.88. The standard InChI is InChI=1S/C22H20N2/c1-14(2)22-23-20(16-9-5-4-6-10-16)19-13-12-17-15(3)8-7-11-18(17)21(19)24-22/h4-14H,1-3H3. The minimum Gasteiger partial charge on any atom is -0.232 e. The van der Waals surface area contributed by atoms with Crippen molar-refractivity contribution in [1.82, 2.24) is 9.97 Å². The largest absolute Gasteiger partial charge is 0.232 e. The van der Waals surface area contributed by atoms with E-state index in [1.807, 2.05) is 6.07 Å². The lowest BCUT2D eigenvalue weighted by Gasteiger charge is -2.13. The van der Waals surface area contributed by atoms with Gasteiger partial charge in [0.25, 0.3) is 0 Å². The average molecular weight is 312 g/mol. The summed E-state index contributed by atoms with van der Waals surface area (Å²) < 4.78 is 0. The Hall–Kier alpha value is -2.74. The van der Waals surface area contributed by atoms with Crippen LogP contribution in [-0.4, -0.2) is 9.97 Å². The van der Waals surface area contributed by atoms with Gasteiger partial charge in [-0.15, -0.1) is 0 Å². The van der Waals surface area contributed by atoms with E-state index in [1.165, 1.54) is 16.3 Å². The van der Waals surface area contributed by atoms with Gasteiger partial charge in [0.15, 0.2) is 0 Å². The molecule has 4 aromatic rings. The molecule has 3 aromatic carbocycles. The second kappa shape index (κ2) is 5.72. The van der Waals surface area contributed by atoms with E-state index in [4.69, 9.17) is 9.97 Å². The lowest BCUT2D eigenvalue weighted by molar-refractivity contribution is 0.785. The van der Waals surface area contributed by atoms with Gasteiger partial charge in [0, 0.05) is 22.3 Å². The van der Waals surface area contributed by atoms with E-state index in [0.29, 0.717) is 0 Å². The second-order valence-electron chi connectivity index (χ2n) is 6.58. The molecule has 0 aliphatic heterocycles. The molecule has 0 spiro atoms. The summed E-state index contributed by atoms with van der Waals surface area (Å²) in [4.78, 5) is 9.81. The number of fused-ring (bicyclic) bond motifs is 3. The number of rotatable bonds is 2. The molecule has 0 aliphatic rings. The van der Waals surface area contributed by atoms with Crippen LogP contribution in [0, 0.1) is 6.92 Å². The van der Waals surface area contributed by atoms with E-state index in [-0.39, 0.29) is 5.92 Å². The Kier molecular flexibility index (Phi) is 3.53. The van der Waals surface area contributed by atoms with Crippen molar-refractivity contribution in [3.8, 4) is 11.3 Å². The van der Waals surface area contributed by atoms with Gasteiger partial charge in [0.05, 0.1) is 11.2 Å². The summed E-state index contributed by atoms with van der Waals surface area (Å²) in [5.41, 5.74) is 4.49. The minimum atomic E-state index is 0.289. The van der Waals surface area contributed by atoms with Gasteiger partial charge in [-0.2, -0.15) is 0 Å². The van der Waals surface area contributed by atoms with Crippen LogP contribution in [0.3, 0.4) is 0 Å². The van der Waals surface area contributed by atoms with Crippen LogP contribution in [0.5, 0.6) is 0 Å². The van der Waals surface area contributed by atoms with Crippen molar-refractivity contribution in [2.75, 3.05) is 0 Å². The molecular formula is C22H20N2. The van der Waals surface area contributed by atoms with Gasteiger partial charge in [-0.05, 0) is 23.9 Å². The fourth-order valence-corrected chi connectivity index (χ4v) is 3.20. The van der Waals surface area contributed by atoms with Gasteiger partial charge >= 0.3 is 0 Å². The number of hydrogen-bond acceptors (Lipinski definition) is 2.